The van der Waals surface area contributed by atoms with E-state index in [4.69, 9.17) is 9.26 Å². The quantitative estimate of drug-likeness (QED) is 0.599. The maximum atomic E-state index is 5.45. The van der Waals surface area contributed by atoms with Gasteiger partial charge >= 0.3 is 0 Å². The van der Waals surface area contributed by atoms with E-state index in [2.05, 4.69) is 20.4 Å². The fourth-order valence-corrected chi connectivity index (χ4v) is 2.77. The second-order valence-corrected chi connectivity index (χ2v) is 5.63. The summed E-state index contributed by atoms with van der Waals surface area (Å²) in [4.78, 5) is 8.56. The van der Waals surface area contributed by atoms with Crippen molar-refractivity contribution < 1.29 is 9.26 Å². The lowest BCUT2D eigenvalue weighted by Gasteiger charge is -2.09. The highest BCUT2D eigenvalue weighted by atomic mass is 16.5. The van der Waals surface area contributed by atoms with Crippen molar-refractivity contribution in [2.24, 2.45) is 0 Å². The van der Waals surface area contributed by atoms with E-state index in [1.54, 1.807) is 7.11 Å². The standard InChI is InChI=1S/C19H16N4O2/c1-12-6-5-7-13(10-12)22-18-16-17(23-25-19(16)21-11-20-18)14-8-3-4-9-15(14)24-2/h3-11H,1-2H3,(H,20,21,22). The number of benzene rings is 2. The van der Waals surface area contributed by atoms with Crippen LogP contribution in [0.5, 0.6) is 5.75 Å². The van der Waals surface area contributed by atoms with Crippen molar-refractivity contribution in [3.63, 3.8) is 0 Å². The van der Waals surface area contributed by atoms with E-state index in [0.717, 1.165) is 16.8 Å². The van der Waals surface area contributed by atoms with Gasteiger partial charge < -0.3 is 14.6 Å². The van der Waals surface area contributed by atoms with E-state index in [1.807, 2.05) is 55.5 Å². The third-order valence-corrected chi connectivity index (χ3v) is 3.92. The SMILES string of the molecule is COc1ccccc1-c1noc2ncnc(Nc3cccc(C)c3)c12. The zero-order valence-corrected chi connectivity index (χ0v) is 13.9. The average Bonchev–Trinajstić information content (AvgIpc) is 3.07. The largest absolute Gasteiger partial charge is 0.496 e. The number of aromatic nitrogens is 3. The molecule has 4 rings (SSSR count). The van der Waals surface area contributed by atoms with Crippen molar-refractivity contribution in [1.29, 1.82) is 0 Å². The molecule has 0 amide bonds. The van der Waals surface area contributed by atoms with Crippen LogP contribution < -0.4 is 10.1 Å². The Morgan fingerprint density at radius 3 is 2.76 bits per heavy atom. The Balaban J connectivity index is 1.87. The van der Waals surface area contributed by atoms with Crippen LogP contribution in [-0.2, 0) is 0 Å². The monoisotopic (exact) mass is 332 g/mol. The molecule has 6 nitrogen and oxygen atoms in total. The molecule has 6 heteroatoms. The molecule has 0 unspecified atom stereocenters. The smallest absolute Gasteiger partial charge is 0.263 e. The minimum Gasteiger partial charge on any atom is -0.496 e. The van der Waals surface area contributed by atoms with E-state index in [9.17, 15) is 0 Å². The van der Waals surface area contributed by atoms with Crippen molar-refractivity contribution >= 4 is 22.6 Å². The summed E-state index contributed by atoms with van der Waals surface area (Å²) in [6.45, 7) is 2.04. The molecule has 0 aliphatic rings. The molecule has 0 saturated carbocycles. The first-order chi connectivity index (χ1) is 12.3. The first-order valence-corrected chi connectivity index (χ1v) is 7.84. The molecule has 0 fully saturated rings. The third kappa shape index (κ3) is 2.78. The second kappa shape index (κ2) is 6.24. The predicted octanol–water partition coefficient (Wildman–Crippen LogP) is 4.35. The van der Waals surface area contributed by atoms with Gasteiger partial charge in [0.15, 0.2) is 0 Å². The van der Waals surface area contributed by atoms with Crippen LogP contribution in [0.3, 0.4) is 0 Å². The van der Waals surface area contributed by atoms with Crippen LogP contribution in [0, 0.1) is 6.92 Å². The minimum absolute atomic E-state index is 0.422. The third-order valence-electron chi connectivity index (χ3n) is 3.92. The lowest BCUT2D eigenvalue weighted by Crippen LogP contribution is -1.96. The lowest BCUT2D eigenvalue weighted by atomic mass is 10.1. The molecule has 25 heavy (non-hydrogen) atoms. The molecule has 0 bridgehead atoms. The van der Waals surface area contributed by atoms with Crippen molar-refractivity contribution in [3.8, 4) is 17.0 Å². The van der Waals surface area contributed by atoms with Crippen LogP contribution in [0.2, 0.25) is 0 Å². The van der Waals surface area contributed by atoms with E-state index < -0.39 is 0 Å². The Labute approximate surface area is 144 Å². The molecule has 4 aromatic rings. The van der Waals surface area contributed by atoms with Crippen molar-refractivity contribution in [2.45, 2.75) is 6.92 Å². The number of hydrogen-bond donors (Lipinski definition) is 1. The van der Waals surface area contributed by atoms with Crippen molar-refractivity contribution in [3.05, 3.63) is 60.4 Å². The molecule has 124 valence electrons. The number of hydrogen-bond acceptors (Lipinski definition) is 6. The van der Waals surface area contributed by atoms with Crippen molar-refractivity contribution in [1.82, 2.24) is 15.1 Å². The number of nitrogens with zero attached hydrogens (tertiary/aromatic N) is 3. The Bertz CT molecular complexity index is 1040. The first-order valence-electron chi connectivity index (χ1n) is 7.84. The van der Waals surface area contributed by atoms with E-state index in [1.165, 1.54) is 6.33 Å². The van der Waals surface area contributed by atoms with Gasteiger partial charge in [0, 0.05) is 11.3 Å². The Kier molecular flexibility index (Phi) is 3.78. The van der Waals surface area contributed by atoms with E-state index in [-0.39, 0.29) is 0 Å². The number of methoxy groups -OCH3 is 1. The molecule has 0 aliphatic heterocycles. The highest BCUT2D eigenvalue weighted by molar-refractivity contribution is 5.99. The van der Waals surface area contributed by atoms with Gasteiger partial charge in [-0.1, -0.05) is 29.4 Å². The Morgan fingerprint density at radius 2 is 1.92 bits per heavy atom. The number of para-hydroxylation sites is 1. The molecule has 0 atom stereocenters. The molecule has 0 spiro atoms. The van der Waals surface area contributed by atoms with Crippen LogP contribution in [0.1, 0.15) is 5.56 Å². The normalized spacial score (nSPS) is 10.8. The summed E-state index contributed by atoms with van der Waals surface area (Å²) < 4.78 is 10.9. The minimum atomic E-state index is 0.422. The average molecular weight is 332 g/mol. The maximum absolute atomic E-state index is 5.45. The fourth-order valence-electron chi connectivity index (χ4n) is 2.77. The van der Waals surface area contributed by atoms with Crippen LogP contribution in [0.4, 0.5) is 11.5 Å². The van der Waals surface area contributed by atoms with Gasteiger partial charge in [0.2, 0.25) is 0 Å². The molecule has 0 radical (unpaired) electrons. The summed E-state index contributed by atoms with van der Waals surface area (Å²) >= 11 is 0. The van der Waals surface area contributed by atoms with Gasteiger partial charge in [0.05, 0.1) is 7.11 Å². The van der Waals surface area contributed by atoms with Crippen LogP contribution in [-0.4, -0.2) is 22.2 Å². The van der Waals surface area contributed by atoms with E-state index >= 15 is 0 Å². The Hall–Kier alpha value is -3.41. The number of fused-ring (bicyclic) bond motifs is 1. The summed E-state index contributed by atoms with van der Waals surface area (Å²) in [7, 11) is 1.63. The topological polar surface area (TPSA) is 73.1 Å². The van der Waals surface area contributed by atoms with Gasteiger partial charge in [0.25, 0.3) is 5.71 Å². The second-order valence-electron chi connectivity index (χ2n) is 5.63. The van der Waals surface area contributed by atoms with Gasteiger partial charge in [-0.25, -0.2) is 4.98 Å². The van der Waals surface area contributed by atoms with E-state index in [0.29, 0.717) is 28.4 Å². The number of anilines is 2. The van der Waals surface area contributed by atoms with Gasteiger partial charge in [0.1, 0.15) is 29.0 Å². The summed E-state index contributed by atoms with van der Waals surface area (Å²) in [5.74, 6) is 1.35. The molecular weight excluding hydrogens is 316 g/mol. The lowest BCUT2D eigenvalue weighted by molar-refractivity contribution is 0.414. The van der Waals surface area contributed by atoms with Crippen molar-refractivity contribution in [2.75, 3.05) is 12.4 Å². The zero-order valence-electron chi connectivity index (χ0n) is 13.9. The highest BCUT2D eigenvalue weighted by Gasteiger charge is 2.19. The summed E-state index contributed by atoms with van der Waals surface area (Å²) in [5.41, 5.74) is 3.98. The van der Waals surface area contributed by atoms with Crippen LogP contribution in [0.15, 0.2) is 59.4 Å². The molecule has 0 saturated heterocycles. The predicted molar refractivity (Wildman–Crippen MR) is 96.0 cm³/mol. The summed E-state index contributed by atoms with van der Waals surface area (Å²) in [6, 6.07) is 15.7. The van der Waals surface area contributed by atoms with Gasteiger partial charge in [-0.2, -0.15) is 4.98 Å². The van der Waals surface area contributed by atoms with Crippen LogP contribution in [0.25, 0.3) is 22.4 Å². The zero-order chi connectivity index (χ0) is 17.2. The number of ether oxygens (including phenoxy) is 1. The Morgan fingerprint density at radius 1 is 1.04 bits per heavy atom. The van der Waals surface area contributed by atoms with Gasteiger partial charge in [-0.15, -0.1) is 0 Å². The molecule has 2 aromatic carbocycles. The van der Waals surface area contributed by atoms with Gasteiger partial charge in [-0.05, 0) is 36.8 Å². The number of rotatable bonds is 4. The maximum Gasteiger partial charge on any atom is 0.263 e. The summed E-state index contributed by atoms with van der Waals surface area (Å²) in [5, 5.41) is 8.24. The summed E-state index contributed by atoms with van der Waals surface area (Å²) in [6.07, 6.45) is 1.46. The first kappa shape index (κ1) is 15.1. The molecule has 2 heterocycles. The molecule has 2 aromatic heterocycles. The molecular formula is C19H16N4O2. The molecule has 1 N–H and O–H groups in total. The highest BCUT2D eigenvalue weighted by Crippen LogP contribution is 2.36. The molecule has 0 aliphatic carbocycles. The number of nitrogens with one attached hydrogen (secondary N) is 1. The van der Waals surface area contributed by atoms with Gasteiger partial charge in [-0.3, -0.25) is 0 Å². The van der Waals surface area contributed by atoms with Crippen LogP contribution >= 0.6 is 0 Å². The fraction of sp³-hybridized carbons (Fsp3) is 0.105. The number of aryl methyl sites for hydroxylation is 1.